The Morgan fingerprint density at radius 1 is 0.781 bits per heavy atom. The first-order valence-electron chi connectivity index (χ1n) is 25.4. The van der Waals surface area contributed by atoms with Crippen LogP contribution in [0.25, 0.3) is 0 Å². The number of esters is 5. The van der Waals surface area contributed by atoms with Crippen LogP contribution in [0, 0.1) is 16.7 Å². The minimum absolute atomic E-state index is 0.00937. The van der Waals surface area contributed by atoms with Crippen LogP contribution < -0.4 is 5.32 Å². The highest BCUT2D eigenvalue weighted by Gasteiger charge is 2.78. The van der Waals surface area contributed by atoms with E-state index < -0.39 is 119 Å². The molecule has 0 radical (unpaired) electrons. The Balaban J connectivity index is 1.37. The average molecular weight is 1010 g/mol. The third-order valence-electron chi connectivity index (χ3n) is 15.7. The average Bonchev–Trinajstić information content (AvgIpc) is 3.36. The van der Waals surface area contributed by atoms with E-state index in [0.29, 0.717) is 12.0 Å². The number of rotatable bonds is 19. The molecule has 3 aromatic carbocycles. The molecule has 3 aromatic rings. The fraction of sp³-hybridized carbons (Fsp3) is 0.526. The van der Waals surface area contributed by atoms with Crippen molar-refractivity contribution in [1.29, 1.82) is 0 Å². The normalized spacial score (nSPS) is 28.8. The van der Waals surface area contributed by atoms with Crippen LogP contribution in [0.15, 0.2) is 102 Å². The van der Waals surface area contributed by atoms with Crippen LogP contribution in [0.3, 0.4) is 0 Å². The van der Waals surface area contributed by atoms with Gasteiger partial charge in [0, 0.05) is 44.1 Å². The van der Waals surface area contributed by atoms with Crippen LogP contribution in [-0.2, 0) is 52.4 Å². The lowest BCUT2D eigenvalue weighted by atomic mass is 9.44. The van der Waals surface area contributed by atoms with Crippen molar-refractivity contribution < 1.29 is 72.2 Å². The van der Waals surface area contributed by atoms with Gasteiger partial charge in [-0.3, -0.25) is 24.0 Å². The van der Waals surface area contributed by atoms with Crippen molar-refractivity contribution in [3.63, 3.8) is 0 Å². The molecule has 392 valence electrons. The molecule has 4 aliphatic rings. The van der Waals surface area contributed by atoms with Gasteiger partial charge in [0.15, 0.2) is 17.5 Å². The highest BCUT2D eigenvalue weighted by atomic mass is 16.6. The standard InChI is InChI=1S/C57H69NO15/c1-8-9-10-11-12-13-23-30-43(62)71-47(45(37-24-17-14-18-25-37)58-51(64)38-26-19-15-20-27-38)53(66)70-40-32-57(67)50(72-52(65)39-28-21-16-22-29-39)48-55(7,41(61)31-42-56(48,33-68-42)73-36(4)60)49(63)46(69-35(3)59)44(34(40)2)54(57,5)6/h14-22,24-29,40-42,45-48,50,61,67H,8-13,23,30-33H2,1-7H3,(H,58,64)/t40-,41-,42+,45-,46+,47+,48?,50-,55+,56-,57+/m0/s1. The van der Waals surface area contributed by atoms with Crippen LogP contribution in [0.1, 0.15) is 145 Å². The number of unbranched alkanes of at least 4 members (excludes halogenated alkanes) is 6. The summed E-state index contributed by atoms with van der Waals surface area (Å²) in [5.41, 5.74) is -7.15. The number of carbonyl (C=O) groups is 7. The summed E-state index contributed by atoms with van der Waals surface area (Å²) in [5, 5.41) is 29.1. The van der Waals surface area contributed by atoms with Gasteiger partial charge in [-0.05, 0) is 61.2 Å². The predicted octanol–water partition coefficient (Wildman–Crippen LogP) is 7.43. The summed E-state index contributed by atoms with van der Waals surface area (Å²) < 4.78 is 37.1. The third kappa shape index (κ3) is 10.7. The molecular formula is C57H69NO15. The second-order valence-electron chi connectivity index (χ2n) is 20.7. The molecule has 73 heavy (non-hydrogen) atoms. The zero-order chi connectivity index (χ0) is 52.9. The Bertz CT molecular complexity index is 2550. The fourth-order valence-electron chi connectivity index (χ4n) is 11.7. The Hall–Kier alpha value is -6.23. The maximum absolute atomic E-state index is 15.8. The van der Waals surface area contributed by atoms with Gasteiger partial charge in [-0.15, -0.1) is 0 Å². The summed E-state index contributed by atoms with van der Waals surface area (Å²) >= 11 is 0. The van der Waals surface area contributed by atoms with Gasteiger partial charge in [-0.2, -0.15) is 0 Å². The van der Waals surface area contributed by atoms with E-state index in [1.807, 2.05) is 0 Å². The zero-order valence-corrected chi connectivity index (χ0v) is 42.8. The van der Waals surface area contributed by atoms with Crippen LogP contribution in [0.4, 0.5) is 0 Å². The molecule has 2 bridgehead atoms. The van der Waals surface area contributed by atoms with Crippen molar-refractivity contribution in [3.05, 3.63) is 119 Å². The summed E-state index contributed by atoms with van der Waals surface area (Å²) in [7, 11) is 0. The largest absolute Gasteiger partial charge is 0.455 e. The highest BCUT2D eigenvalue weighted by Crippen LogP contribution is 2.64. The monoisotopic (exact) mass is 1010 g/mol. The maximum atomic E-state index is 15.8. The summed E-state index contributed by atoms with van der Waals surface area (Å²) in [4.78, 5) is 99.9. The first-order valence-corrected chi connectivity index (χ1v) is 25.4. The van der Waals surface area contributed by atoms with Gasteiger partial charge in [0.2, 0.25) is 6.10 Å². The Labute approximate surface area is 426 Å². The van der Waals surface area contributed by atoms with Gasteiger partial charge in [-0.25, -0.2) is 9.59 Å². The summed E-state index contributed by atoms with van der Waals surface area (Å²) in [6, 6.07) is 23.3. The number of aliphatic hydroxyl groups excluding tert-OH is 1. The van der Waals surface area contributed by atoms with Crippen LogP contribution in [0.5, 0.6) is 0 Å². The van der Waals surface area contributed by atoms with E-state index in [9.17, 15) is 34.2 Å². The van der Waals surface area contributed by atoms with Gasteiger partial charge >= 0.3 is 29.8 Å². The van der Waals surface area contributed by atoms with E-state index in [2.05, 4.69) is 12.2 Å². The molecule has 1 unspecified atom stereocenters. The first kappa shape index (κ1) is 54.5. The van der Waals surface area contributed by atoms with Gasteiger partial charge in [0.1, 0.15) is 30.0 Å². The van der Waals surface area contributed by atoms with Gasteiger partial charge < -0.3 is 44.0 Å². The number of Topliss-reactive ketones (excluding diaryl/α,β-unsaturated/α-hetero) is 1. The number of aliphatic hydroxyl groups is 2. The topological polar surface area (TPSA) is 227 Å². The third-order valence-corrected chi connectivity index (χ3v) is 15.7. The van der Waals surface area contributed by atoms with E-state index in [1.54, 1.807) is 99.6 Å². The zero-order valence-electron chi connectivity index (χ0n) is 42.8. The smallest absolute Gasteiger partial charge is 0.350 e. The molecule has 16 nitrogen and oxygen atoms in total. The van der Waals surface area contributed by atoms with Crippen molar-refractivity contribution in [1.82, 2.24) is 5.32 Å². The van der Waals surface area contributed by atoms with Crippen molar-refractivity contribution >= 4 is 41.5 Å². The second-order valence-corrected chi connectivity index (χ2v) is 20.7. The molecule has 0 aromatic heterocycles. The molecule has 1 heterocycles. The van der Waals surface area contributed by atoms with Crippen LogP contribution in [-0.4, -0.2) is 106 Å². The molecule has 3 fully saturated rings. The number of ketones is 1. The van der Waals surface area contributed by atoms with Crippen LogP contribution >= 0.6 is 0 Å². The SMILES string of the molecule is CCCCCCCCCC(=O)O[C@@H](C(=O)O[C@H]1C[C@@]2(O)[C@@H](OC(=O)c3ccccc3)C3[C@](C)(C(=O)[C@H](OC(C)=O)C(=C1C)C2(C)C)[C@@H](O)C[C@H]1OC[C@@]31OC(C)=O)[C@@H](NC(=O)c1ccccc1)c1ccccc1. The van der Waals surface area contributed by atoms with Crippen molar-refractivity contribution in [2.45, 2.75) is 167 Å². The number of hydrogen-bond acceptors (Lipinski definition) is 15. The van der Waals surface area contributed by atoms with Gasteiger partial charge in [0.25, 0.3) is 5.91 Å². The quantitative estimate of drug-likeness (QED) is 0.0459. The lowest BCUT2D eigenvalue weighted by molar-refractivity contribution is -0.346. The summed E-state index contributed by atoms with van der Waals surface area (Å²) in [6.07, 6.45) is -4.14. The van der Waals surface area contributed by atoms with E-state index in [-0.39, 0.29) is 41.7 Å². The number of carbonyl (C=O) groups excluding carboxylic acids is 7. The first-order chi connectivity index (χ1) is 34.7. The summed E-state index contributed by atoms with van der Waals surface area (Å²) in [6.45, 7) is 10.2. The molecule has 1 saturated heterocycles. The van der Waals surface area contributed by atoms with E-state index >= 15 is 9.59 Å². The number of amides is 1. The lowest BCUT2D eigenvalue weighted by Gasteiger charge is -2.67. The highest BCUT2D eigenvalue weighted by molar-refractivity contribution is 5.96. The van der Waals surface area contributed by atoms with Crippen molar-refractivity contribution in [3.8, 4) is 0 Å². The van der Waals surface area contributed by atoms with Crippen LogP contribution in [0.2, 0.25) is 0 Å². The molecule has 7 rings (SSSR count). The molecule has 3 aliphatic carbocycles. The molecule has 0 spiro atoms. The van der Waals surface area contributed by atoms with E-state index in [0.717, 1.165) is 52.4 Å². The Morgan fingerprint density at radius 2 is 1.37 bits per heavy atom. The van der Waals surface area contributed by atoms with Gasteiger partial charge in [-0.1, -0.05) is 126 Å². The van der Waals surface area contributed by atoms with E-state index in [4.69, 9.17) is 28.4 Å². The van der Waals surface area contributed by atoms with Crippen molar-refractivity contribution in [2.75, 3.05) is 6.61 Å². The number of hydrogen-bond donors (Lipinski definition) is 3. The lowest BCUT2D eigenvalue weighted by Crippen LogP contribution is -2.82. The molecular weight excluding hydrogens is 939 g/mol. The minimum Gasteiger partial charge on any atom is -0.455 e. The Morgan fingerprint density at radius 3 is 1.95 bits per heavy atom. The molecule has 1 aliphatic heterocycles. The van der Waals surface area contributed by atoms with Gasteiger partial charge in [0.05, 0.1) is 29.6 Å². The Kier molecular flexibility index (Phi) is 16.8. The molecule has 11 atom stereocenters. The molecule has 16 heteroatoms. The molecule has 2 saturated carbocycles. The molecule has 3 N–H and O–H groups in total. The predicted molar refractivity (Wildman–Crippen MR) is 264 cm³/mol. The maximum Gasteiger partial charge on any atom is 0.350 e. The minimum atomic E-state index is -2.43. The fourth-order valence-corrected chi connectivity index (χ4v) is 11.7. The number of nitrogens with one attached hydrogen (secondary N) is 1. The number of fused-ring (bicyclic) bond motifs is 5. The number of ether oxygens (including phenoxy) is 6. The molecule has 1 amide bonds. The number of benzene rings is 3. The van der Waals surface area contributed by atoms with E-state index in [1.165, 1.54) is 19.1 Å². The second kappa shape index (κ2) is 22.5. The summed E-state index contributed by atoms with van der Waals surface area (Å²) in [5.74, 6) is -7.54. The van der Waals surface area contributed by atoms with Crippen molar-refractivity contribution in [2.24, 2.45) is 16.7 Å².